The summed E-state index contributed by atoms with van der Waals surface area (Å²) < 4.78 is 7.62. The largest absolute Gasteiger partial charge is 0.497 e. The number of nitrogens with one attached hydrogen (secondary N) is 1. The zero-order valence-corrected chi connectivity index (χ0v) is 16.2. The lowest BCUT2D eigenvalue weighted by Crippen LogP contribution is -2.40. The van der Waals surface area contributed by atoms with Gasteiger partial charge in [0, 0.05) is 24.7 Å². The van der Waals surface area contributed by atoms with Gasteiger partial charge in [-0.15, -0.1) is 11.3 Å². The summed E-state index contributed by atoms with van der Waals surface area (Å²) in [5.74, 6) is 0.904. The van der Waals surface area contributed by atoms with E-state index in [9.17, 15) is 9.59 Å². The van der Waals surface area contributed by atoms with Gasteiger partial charge in [0.25, 0.3) is 5.56 Å². The number of rotatable bonds is 6. The number of methoxy groups -OCH3 is 1. The van der Waals surface area contributed by atoms with Crippen LogP contribution in [0.1, 0.15) is 13.3 Å². The average molecular weight is 387 g/mol. The first-order valence-electron chi connectivity index (χ1n) is 8.42. The van der Waals surface area contributed by atoms with Gasteiger partial charge in [-0.25, -0.2) is 9.78 Å². The van der Waals surface area contributed by atoms with E-state index < -0.39 is 11.2 Å². The van der Waals surface area contributed by atoms with E-state index in [1.54, 1.807) is 12.5 Å². The zero-order valence-electron chi connectivity index (χ0n) is 15.4. The first-order valence-corrected chi connectivity index (χ1v) is 9.30. The third kappa shape index (κ3) is 3.59. The van der Waals surface area contributed by atoms with Crippen molar-refractivity contribution in [2.45, 2.75) is 19.9 Å². The number of benzene rings is 1. The molecule has 3 aromatic rings. The molecule has 0 atom stereocenters. The topological polar surface area (TPSA) is 104 Å². The number of aromatic nitrogens is 3. The minimum absolute atomic E-state index is 0.145. The van der Waals surface area contributed by atoms with E-state index in [2.05, 4.69) is 10.3 Å². The van der Waals surface area contributed by atoms with Crippen LogP contribution in [0.5, 0.6) is 5.75 Å². The Morgan fingerprint density at radius 3 is 2.59 bits per heavy atom. The molecule has 3 N–H and O–H groups in total. The zero-order chi connectivity index (χ0) is 19.6. The van der Waals surface area contributed by atoms with E-state index in [4.69, 9.17) is 10.5 Å². The van der Waals surface area contributed by atoms with Gasteiger partial charge in [-0.1, -0.05) is 6.92 Å². The van der Waals surface area contributed by atoms with E-state index in [1.807, 2.05) is 31.2 Å². The first kappa shape index (κ1) is 18.7. The van der Waals surface area contributed by atoms with Gasteiger partial charge < -0.3 is 15.8 Å². The second-order valence-corrected chi connectivity index (χ2v) is 6.81. The number of nitrogen functional groups attached to an aromatic ring is 1. The Kier molecular flexibility index (Phi) is 5.31. The fraction of sp³-hybridized carbons (Fsp3) is 0.278. The molecule has 0 amide bonds. The maximum Gasteiger partial charge on any atom is 0.332 e. The van der Waals surface area contributed by atoms with Crippen LogP contribution < -0.4 is 27.0 Å². The summed E-state index contributed by atoms with van der Waals surface area (Å²) in [6.07, 6.45) is 0.725. The maximum absolute atomic E-state index is 12.6. The van der Waals surface area contributed by atoms with Crippen molar-refractivity contribution in [2.24, 2.45) is 7.05 Å². The second kappa shape index (κ2) is 7.67. The van der Waals surface area contributed by atoms with Crippen LogP contribution in [-0.4, -0.2) is 21.2 Å². The predicted octanol–water partition coefficient (Wildman–Crippen LogP) is 2.41. The van der Waals surface area contributed by atoms with Gasteiger partial charge in [-0.2, -0.15) is 0 Å². The summed E-state index contributed by atoms with van der Waals surface area (Å²) in [4.78, 5) is 29.4. The normalized spacial score (nSPS) is 10.8. The van der Waals surface area contributed by atoms with Gasteiger partial charge in [-0.05, 0) is 30.7 Å². The molecule has 27 heavy (non-hydrogen) atoms. The number of nitrogens with two attached hydrogens (primary N) is 1. The smallest absolute Gasteiger partial charge is 0.332 e. The van der Waals surface area contributed by atoms with Crippen molar-refractivity contribution in [3.63, 3.8) is 0 Å². The van der Waals surface area contributed by atoms with E-state index in [1.165, 1.54) is 23.0 Å². The fourth-order valence-corrected chi connectivity index (χ4v) is 3.43. The minimum atomic E-state index is -0.453. The Balaban J connectivity index is 1.98. The molecule has 9 heteroatoms. The van der Waals surface area contributed by atoms with E-state index in [0.29, 0.717) is 17.4 Å². The predicted molar refractivity (Wildman–Crippen MR) is 108 cm³/mol. The Morgan fingerprint density at radius 2 is 1.96 bits per heavy atom. The molecule has 1 aromatic carbocycles. The summed E-state index contributed by atoms with van der Waals surface area (Å²) in [5.41, 5.74) is 6.80. The van der Waals surface area contributed by atoms with Crippen LogP contribution in [-0.2, 0) is 13.6 Å². The molecule has 0 aliphatic rings. The number of hydrogen-bond donors (Lipinski definition) is 2. The summed E-state index contributed by atoms with van der Waals surface area (Å²) in [7, 11) is 3.06. The van der Waals surface area contributed by atoms with Crippen molar-refractivity contribution in [3.05, 3.63) is 50.5 Å². The number of nitrogens with zero attached hydrogens (tertiary/aromatic N) is 3. The molecular weight excluding hydrogens is 366 g/mol. The molecule has 3 rings (SSSR count). The molecule has 142 valence electrons. The second-order valence-electron chi connectivity index (χ2n) is 5.95. The van der Waals surface area contributed by atoms with Crippen molar-refractivity contribution in [1.82, 2.24) is 14.1 Å². The van der Waals surface area contributed by atoms with E-state index >= 15 is 0 Å². The first-order chi connectivity index (χ1) is 13.0. The average Bonchev–Trinajstić information content (AvgIpc) is 3.12. The lowest BCUT2D eigenvalue weighted by Gasteiger charge is -2.13. The lowest BCUT2D eigenvalue weighted by molar-refractivity contribution is 0.415. The maximum atomic E-state index is 12.6. The SMILES string of the molecule is CCCn1c(N)c(-c2csc(Nc3ccc(OC)cc3)n2)c(=O)n(C)c1=O. The Hall–Kier alpha value is -3.07. The van der Waals surface area contributed by atoms with Gasteiger partial charge in [0.05, 0.1) is 12.8 Å². The van der Waals surface area contributed by atoms with Gasteiger partial charge in [0.15, 0.2) is 5.13 Å². The molecular formula is C18H21N5O3S. The van der Waals surface area contributed by atoms with Crippen molar-refractivity contribution in [3.8, 4) is 17.0 Å². The highest BCUT2D eigenvalue weighted by atomic mass is 32.1. The molecule has 8 nitrogen and oxygen atoms in total. The molecule has 2 aromatic heterocycles. The van der Waals surface area contributed by atoms with E-state index in [-0.39, 0.29) is 11.4 Å². The fourth-order valence-electron chi connectivity index (χ4n) is 2.71. The molecule has 0 spiro atoms. The molecule has 0 saturated carbocycles. The van der Waals surface area contributed by atoms with Crippen LogP contribution >= 0.6 is 11.3 Å². The Bertz CT molecular complexity index is 1070. The molecule has 0 aliphatic heterocycles. The highest BCUT2D eigenvalue weighted by Gasteiger charge is 2.19. The summed E-state index contributed by atoms with van der Waals surface area (Å²) >= 11 is 1.35. The number of ether oxygens (including phenoxy) is 1. The van der Waals surface area contributed by atoms with Crippen LogP contribution in [0, 0.1) is 0 Å². The van der Waals surface area contributed by atoms with Gasteiger partial charge >= 0.3 is 5.69 Å². The van der Waals surface area contributed by atoms with Gasteiger partial charge in [0.1, 0.15) is 17.1 Å². The highest BCUT2D eigenvalue weighted by molar-refractivity contribution is 7.14. The molecule has 0 aliphatic carbocycles. The highest BCUT2D eigenvalue weighted by Crippen LogP contribution is 2.28. The molecule has 0 fully saturated rings. The molecule has 2 heterocycles. The summed E-state index contributed by atoms with van der Waals surface area (Å²) in [6.45, 7) is 2.38. The van der Waals surface area contributed by atoms with Crippen LogP contribution in [0.2, 0.25) is 0 Å². The van der Waals surface area contributed by atoms with Crippen LogP contribution in [0.15, 0.2) is 39.2 Å². The molecule has 0 radical (unpaired) electrons. The van der Waals surface area contributed by atoms with Crippen LogP contribution in [0.25, 0.3) is 11.3 Å². The van der Waals surface area contributed by atoms with Gasteiger partial charge in [0.2, 0.25) is 0 Å². The lowest BCUT2D eigenvalue weighted by atomic mass is 10.2. The summed E-state index contributed by atoms with van der Waals surface area (Å²) in [6, 6.07) is 7.42. The number of thiazole rings is 1. The van der Waals surface area contributed by atoms with Crippen molar-refractivity contribution >= 4 is 28.0 Å². The Morgan fingerprint density at radius 1 is 1.26 bits per heavy atom. The third-order valence-corrected chi connectivity index (χ3v) is 4.89. The molecule has 0 unspecified atom stereocenters. The quantitative estimate of drug-likeness (QED) is 0.673. The molecule has 0 saturated heterocycles. The number of hydrogen-bond acceptors (Lipinski definition) is 7. The molecule has 0 bridgehead atoms. The van der Waals surface area contributed by atoms with Crippen LogP contribution in [0.4, 0.5) is 16.6 Å². The van der Waals surface area contributed by atoms with Crippen molar-refractivity contribution in [2.75, 3.05) is 18.2 Å². The van der Waals surface area contributed by atoms with Crippen LogP contribution in [0.3, 0.4) is 0 Å². The van der Waals surface area contributed by atoms with Crippen molar-refractivity contribution < 1.29 is 4.74 Å². The van der Waals surface area contributed by atoms with Crippen molar-refractivity contribution in [1.29, 1.82) is 0 Å². The minimum Gasteiger partial charge on any atom is -0.497 e. The standard InChI is InChI=1S/C18H21N5O3S/c1-4-9-23-15(19)14(16(24)22(2)18(23)25)13-10-27-17(21-13)20-11-5-7-12(26-3)8-6-11/h5-8,10H,4,9,19H2,1-3H3,(H,20,21). The Labute approximate surface area is 159 Å². The number of anilines is 3. The van der Waals surface area contributed by atoms with E-state index in [0.717, 1.165) is 22.4 Å². The summed E-state index contributed by atoms with van der Waals surface area (Å²) in [5, 5.41) is 5.55. The van der Waals surface area contributed by atoms with Gasteiger partial charge in [-0.3, -0.25) is 13.9 Å². The monoisotopic (exact) mass is 387 g/mol. The third-order valence-electron chi connectivity index (χ3n) is 4.13.